The number of carbonyl (C=O) groups is 1. The third-order valence-corrected chi connectivity index (χ3v) is 3.32. The molecule has 1 aliphatic rings. The molecule has 0 saturated carbocycles. The van der Waals surface area contributed by atoms with Gasteiger partial charge in [0.2, 0.25) is 5.91 Å². The van der Waals surface area contributed by atoms with Crippen molar-refractivity contribution in [3.63, 3.8) is 0 Å². The first kappa shape index (κ1) is 12.9. The Morgan fingerprint density at radius 3 is 2.72 bits per heavy atom. The van der Waals surface area contributed by atoms with Crippen molar-refractivity contribution >= 4 is 5.91 Å². The van der Waals surface area contributed by atoms with Crippen LogP contribution in [0.1, 0.15) is 32.8 Å². The third kappa shape index (κ3) is 1.97. The van der Waals surface area contributed by atoms with E-state index in [2.05, 4.69) is 5.32 Å². The number of nitrogens with two attached hydrogens (primary N) is 1. The van der Waals surface area contributed by atoms with Crippen molar-refractivity contribution in [3.8, 4) is 5.75 Å². The number of fused-ring (bicyclic) bond motifs is 1. The molecule has 0 aromatic heterocycles. The van der Waals surface area contributed by atoms with Crippen LogP contribution in [0, 0.1) is 0 Å². The van der Waals surface area contributed by atoms with Crippen LogP contribution in [0.5, 0.6) is 5.75 Å². The summed E-state index contributed by atoms with van der Waals surface area (Å²) in [6.07, 6.45) is 0.528. The van der Waals surface area contributed by atoms with E-state index in [0.717, 1.165) is 11.3 Å². The van der Waals surface area contributed by atoms with E-state index in [1.807, 2.05) is 45.0 Å². The summed E-state index contributed by atoms with van der Waals surface area (Å²) in [5.41, 5.74) is 5.23. The lowest BCUT2D eigenvalue weighted by Crippen LogP contribution is -2.59. The normalized spacial score (nSPS) is 25.1. The topological polar surface area (TPSA) is 64.3 Å². The molecular weight excluding hydrogens is 228 g/mol. The first-order valence-electron chi connectivity index (χ1n) is 6.25. The van der Waals surface area contributed by atoms with E-state index in [9.17, 15) is 4.79 Å². The van der Waals surface area contributed by atoms with Crippen LogP contribution in [0.2, 0.25) is 0 Å². The van der Waals surface area contributed by atoms with Crippen LogP contribution in [-0.4, -0.2) is 18.1 Å². The molecule has 1 aromatic rings. The minimum absolute atomic E-state index is 0.354. The van der Waals surface area contributed by atoms with Crippen LogP contribution in [0.15, 0.2) is 24.3 Å². The Labute approximate surface area is 108 Å². The maximum atomic E-state index is 12.0. The van der Waals surface area contributed by atoms with E-state index < -0.39 is 11.1 Å². The molecule has 1 unspecified atom stereocenters. The number of rotatable bonds is 3. The molecule has 2 rings (SSSR count). The average molecular weight is 248 g/mol. The zero-order valence-corrected chi connectivity index (χ0v) is 11.1. The number of primary amides is 1. The fourth-order valence-corrected chi connectivity index (χ4v) is 2.74. The number of hydrogen-bond acceptors (Lipinski definition) is 3. The number of hydrogen-bond donors (Lipinski definition) is 2. The van der Waals surface area contributed by atoms with Crippen LogP contribution in [0.4, 0.5) is 0 Å². The fraction of sp³-hybridized carbons (Fsp3) is 0.500. The summed E-state index contributed by atoms with van der Waals surface area (Å²) in [5.74, 6) is 0.377. The number of benzene rings is 1. The number of nitrogens with one attached hydrogen (secondary N) is 1. The predicted molar refractivity (Wildman–Crippen MR) is 70.3 cm³/mol. The minimum atomic E-state index is -0.840. The number of carbonyl (C=O) groups excluding carboxylic acids is 1. The van der Waals surface area contributed by atoms with Gasteiger partial charge in [-0.3, -0.25) is 10.1 Å². The van der Waals surface area contributed by atoms with Gasteiger partial charge in [-0.2, -0.15) is 0 Å². The Bertz CT molecular complexity index is 471. The van der Waals surface area contributed by atoms with Crippen LogP contribution >= 0.6 is 0 Å². The lowest BCUT2D eigenvalue weighted by Gasteiger charge is -2.44. The van der Waals surface area contributed by atoms with Crippen LogP contribution in [-0.2, 0) is 10.3 Å². The maximum Gasteiger partial charge on any atom is 0.242 e. The maximum absolute atomic E-state index is 12.0. The zero-order chi connectivity index (χ0) is 13.4. The van der Waals surface area contributed by atoms with Crippen molar-refractivity contribution in [1.82, 2.24) is 5.32 Å². The smallest absolute Gasteiger partial charge is 0.242 e. The van der Waals surface area contributed by atoms with Gasteiger partial charge in [-0.05, 0) is 26.5 Å². The Hall–Kier alpha value is -1.55. The molecule has 1 aromatic carbocycles. The Morgan fingerprint density at radius 2 is 2.11 bits per heavy atom. The molecule has 4 nitrogen and oxygen atoms in total. The predicted octanol–water partition coefficient (Wildman–Crippen LogP) is 1.54. The van der Waals surface area contributed by atoms with Crippen molar-refractivity contribution < 1.29 is 9.53 Å². The van der Waals surface area contributed by atoms with Gasteiger partial charge in [-0.15, -0.1) is 0 Å². The van der Waals surface area contributed by atoms with Gasteiger partial charge in [0, 0.05) is 12.0 Å². The molecule has 1 aliphatic heterocycles. The Balaban J connectivity index is 2.61. The number of likely N-dealkylation sites (N-methyl/N-ethyl adjacent to an activating group) is 1. The molecule has 1 atom stereocenters. The number of ether oxygens (including phenoxy) is 1. The van der Waals surface area contributed by atoms with E-state index in [0.29, 0.717) is 13.0 Å². The monoisotopic (exact) mass is 248 g/mol. The van der Waals surface area contributed by atoms with Gasteiger partial charge in [0.25, 0.3) is 0 Å². The largest absolute Gasteiger partial charge is 0.487 e. The van der Waals surface area contributed by atoms with E-state index in [1.165, 1.54) is 0 Å². The Morgan fingerprint density at radius 1 is 1.44 bits per heavy atom. The first-order chi connectivity index (χ1) is 8.41. The highest BCUT2D eigenvalue weighted by atomic mass is 16.5. The number of para-hydroxylation sites is 1. The van der Waals surface area contributed by atoms with Crippen molar-refractivity contribution in [2.75, 3.05) is 6.54 Å². The van der Waals surface area contributed by atoms with E-state index in [-0.39, 0.29) is 5.91 Å². The molecule has 1 amide bonds. The molecule has 0 radical (unpaired) electrons. The summed E-state index contributed by atoms with van der Waals surface area (Å²) in [4.78, 5) is 12.0. The van der Waals surface area contributed by atoms with Gasteiger partial charge in [0.05, 0.1) is 0 Å². The molecule has 98 valence electrons. The molecule has 0 spiro atoms. The number of amides is 1. The quantitative estimate of drug-likeness (QED) is 0.852. The molecular formula is C14H20N2O2. The van der Waals surface area contributed by atoms with Crippen molar-refractivity contribution in [1.29, 1.82) is 0 Å². The van der Waals surface area contributed by atoms with Crippen LogP contribution < -0.4 is 15.8 Å². The summed E-state index contributed by atoms with van der Waals surface area (Å²) < 4.78 is 5.92. The van der Waals surface area contributed by atoms with E-state index in [1.54, 1.807) is 0 Å². The second-order valence-electron chi connectivity index (χ2n) is 5.33. The van der Waals surface area contributed by atoms with Gasteiger partial charge >= 0.3 is 0 Å². The molecule has 0 aliphatic carbocycles. The van der Waals surface area contributed by atoms with Crippen molar-refractivity contribution in [3.05, 3.63) is 29.8 Å². The standard InChI is InChI=1S/C14H20N2O2/c1-4-16-14(12(15)17)9-13(2,3)18-11-8-6-5-7-10(11)14/h5-8,16H,4,9H2,1-3H3,(H2,15,17). The van der Waals surface area contributed by atoms with Gasteiger partial charge in [0.15, 0.2) is 0 Å². The lowest BCUT2D eigenvalue weighted by atomic mass is 9.77. The van der Waals surface area contributed by atoms with Gasteiger partial charge < -0.3 is 10.5 Å². The second kappa shape index (κ2) is 4.28. The highest BCUT2D eigenvalue weighted by molar-refractivity contribution is 5.87. The van der Waals surface area contributed by atoms with Crippen LogP contribution in [0.3, 0.4) is 0 Å². The summed E-state index contributed by atoms with van der Waals surface area (Å²) >= 11 is 0. The summed E-state index contributed by atoms with van der Waals surface area (Å²) in [6, 6.07) is 7.58. The van der Waals surface area contributed by atoms with Crippen LogP contribution in [0.25, 0.3) is 0 Å². The average Bonchev–Trinajstić information content (AvgIpc) is 2.27. The fourth-order valence-electron chi connectivity index (χ4n) is 2.74. The molecule has 0 fully saturated rings. The highest BCUT2D eigenvalue weighted by Gasteiger charge is 2.48. The zero-order valence-electron chi connectivity index (χ0n) is 11.1. The molecule has 4 heteroatoms. The molecule has 3 N–H and O–H groups in total. The summed E-state index contributed by atoms with van der Waals surface area (Å²) in [7, 11) is 0. The summed E-state index contributed by atoms with van der Waals surface area (Å²) in [5, 5.41) is 3.25. The SMILES string of the molecule is CCNC1(C(N)=O)CC(C)(C)Oc2ccccc21. The molecule has 1 heterocycles. The molecule has 0 saturated heterocycles. The van der Waals surface area contributed by atoms with E-state index in [4.69, 9.17) is 10.5 Å². The Kier molecular flexibility index (Phi) is 3.07. The van der Waals surface area contributed by atoms with Gasteiger partial charge in [-0.25, -0.2) is 0 Å². The first-order valence-corrected chi connectivity index (χ1v) is 6.25. The van der Waals surface area contributed by atoms with E-state index >= 15 is 0 Å². The highest BCUT2D eigenvalue weighted by Crippen LogP contribution is 2.43. The third-order valence-electron chi connectivity index (χ3n) is 3.32. The van der Waals surface area contributed by atoms with Gasteiger partial charge in [0.1, 0.15) is 16.9 Å². The van der Waals surface area contributed by atoms with Crippen molar-refractivity contribution in [2.45, 2.75) is 38.3 Å². The van der Waals surface area contributed by atoms with Gasteiger partial charge in [-0.1, -0.05) is 25.1 Å². The molecule has 18 heavy (non-hydrogen) atoms. The molecule has 0 bridgehead atoms. The lowest BCUT2D eigenvalue weighted by molar-refractivity contribution is -0.128. The summed E-state index contributed by atoms with van der Waals surface area (Å²) in [6.45, 7) is 6.58. The second-order valence-corrected chi connectivity index (χ2v) is 5.33. The minimum Gasteiger partial charge on any atom is -0.487 e. The van der Waals surface area contributed by atoms with Crippen molar-refractivity contribution in [2.24, 2.45) is 5.73 Å².